The first kappa shape index (κ1) is 50.0. The van der Waals surface area contributed by atoms with Crippen LogP contribution in [0, 0.1) is 5.41 Å². The van der Waals surface area contributed by atoms with E-state index in [-0.39, 0.29) is 12.4 Å². The van der Waals surface area contributed by atoms with Crippen LogP contribution < -0.4 is 0 Å². The molecule has 0 aliphatic carbocycles. The lowest BCUT2D eigenvalue weighted by molar-refractivity contribution is -0.153. The highest BCUT2D eigenvalue weighted by Crippen LogP contribution is 2.41. The maximum absolute atomic E-state index is 13.9. The number of unbranched alkanes of at least 4 members (excludes halogenated alkanes) is 30. The molecule has 2 aromatic rings. The second-order valence-corrected chi connectivity index (χ2v) is 19.3. The third-order valence-electron chi connectivity index (χ3n) is 11.5. The van der Waals surface area contributed by atoms with Gasteiger partial charge in [0.2, 0.25) is 0 Å². The number of carboxylic acids is 1. The number of carbonyl (C=O) groups excluding carboxylic acids is 1. The summed E-state index contributed by atoms with van der Waals surface area (Å²) in [5, 5.41) is 10.0. The molecule has 0 amide bonds. The van der Waals surface area contributed by atoms with Gasteiger partial charge in [-0.3, -0.25) is 9.59 Å². The lowest BCUT2D eigenvalue weighted by Crippen LogP contribution is -2.34. The number of aromatic nitrogens is 1. The molecule has 0 radical (unpaired) electrons. The Morgan fingerprint density at radius 1 is 0.618 bits per heavy atom. The van der Waals surface area contributed by atoms with Gasteiger partial charge in [0, 0.05) is 4.47 Å². The standard InChI is InChI=1S/C47H80BrNO4S2/c1-3-5-7-9-11-13-15-17-19-21-23-25-27-29-31-33-38-47(40-43(50)51,45(52)53-55-46-49-42-37-35-36-41(48)44(42)54-46)39-34-32-30-28-26-24-22-20-18-16-14-12-10-8-6-4-2/h35-37H,3-34,38-40H2,1-2H3,(H,50,51). The van der Waals surface area contributed by atoms with E-state index in [0.29, 0.717) is 17.2 Å². The summed E-state index contributed by atoms with van der Waals surface area (Å²) in [7, 11) is 0. The summed E-state index contributed by atoms with van der Waals surface area (Å²) in [6.07, 6.45) is 42.3. The molecule has 0 aliphatic heterocycles. The van der Waals surface area contributed by atoms with Crippen LogP contribution >= 0.6 is 39.3 Å². The van der Waals surface area contributed by atoms with Gasteiger partial charge in [-0.25, -0.2) is 4.98 Å². The van der Waals surface area contributed by atoms with Crippen LogP contribution in [0.15, 0.2) is 27.0 Å². The fourth-order valence-electron chi connectivity index (χ4n) is 7.98. The highest BCUT2D eigenvalue weighted by molar-refractivity contribution is 9.10. The highest BCUT2D eigenvalue weighted by Gasteiger charge is 2.41. The zero-order valence-electron chi connectivity index (χ0n) is 35.3. The minimum atomic E-state index is -0.998. The average Bonchev–Trinajstić information content (AvgIpc) is 3.61. The van der Waals surface area contributed by atoms with Gasteiger partial charge in [0.05, 0.1) is 22.1 Å². The number of carbonyl (C=O) groups is 2. The summed E-state index contributed by atoms with van der Waals surface area (Å²) in [5.74, 6) is -1.31. The number of thiazole rings is 1. The summed E-state index contributed by atoms with van der Waals surface area (Å²) in [6.45, 7) is 4.56. The molecule has 0 aliphatic rings. The predicted molar refractivity (Wildman–Crippen MR) is 242 cm³/mol. The number of fused-ring (bicyclic) bond motifs is 1. The van der Waals surface area contributed by atoms with Gasteiger partial charge < -0.3 is 9.29 Å². The van der Waals surface area contributed by atoms with Crippen molar-refractivity contribution < 1.29 is 18.9 Å². The quantitative estimate of drug-likeness (QED) is 0.0533. The van der Waals surface area contributed by atoms with Gasteiger partial charge in [0.1, 0.15) is 12.0 Å². The predicted octanol–water partition coefficient (Wildman–Crippen LogP) is 17.4. The van der Waals surface area contributed by atoms with Gasteiger partial charge in [0.15, 0.2) is 4.34 Å². The van der Waals surface area contributed by atoms with Crippen molar-refractivity contribution >= 4 is 61.5 Å². The largest absolute Gasteiger partial charge is 0.481 e. The van der Waals surface area contributed by atoms with Crippen LogP contribution in [0.5, 0.6) is 0 Å². The second-order valence-electron chi connectivity index (χ2n) is 16.5. The molecular formula is C47H80BrNO4S2. The van der Waals surface area contributed by atoms with Crippen LogP contribution in [-0.4, -0.2) is 22.0 Å². The SMILES string of the molecule is CCCCCCCCCCCCCCCCCCC(CCCCCCCCCCCCCCCCCC)(CC(=O)O)C(=O)OSc1nc2cccc(Br)c2s1. The van der Waals surface area contributed by atoms with Gasteiger partial charge in [-0.05, 0) is 40.9 Å². The number of benzene rings is 1. The number of hydrogen-bond donors (Lipinski definition) is 1. The molecule has 0 fully saturated rings. The van der Waals surface area contributed by atoms with Crippen molar-refractivity contribution in [2.75, 3.05) is 0 Å². The van der Waals surface area contributed by atoms with Crippen molar-refractivity contribution in [1.29, 1.82) is 0 Å². The first-order valence-electron chi connectivity index (χ1n) is 23.1. The molecule has 1 N–H and O–H groups in total. The Morgan fingerprint density at radius 2 is 0.982 bits per heavy atom. The minimum absolute atomic E-state index is 0.171. The lowest BCUT2D eigenvalue weighted by atomic mass is 9.75. The zero-order valence-corrected chi connectivity index (χ0v) is 38.5. The Balaban J connectivity index is 1.75. The summed E-state index contributed by atoms with van der Waals surface area (Å²) in [4.78, 5) is 30.8. The normalized spacial score (nSPS) is 11.8. The Kier molecular flexibility index (Phi) is 30.8. The van der Waals surface area contributed by atoms with Gasteiger partial charge in [-0.2, -0.15) is 0 Å². The first-order chi connectivity index (χ1) is 26.9. The molecule has 0 atom stereocenters. The van der Waals surface area contributed by atoms with E-state index < -0.39 is 11.4 Å². The van der Waals surface area contributed by atoms with Crippen LogP contribution in [-0.2, 0) is 13.8 Å². The van der Waals surface area contributed by atoms with Crippen molar-refractivity contribution in [1.82, 2.24) is 4.98 Å². The van der Waals surface area contributed by atoms with Gasteiger partial charge in [-0.1, -0.05) is 225 Å². The molecular weight excluding hydrogens is 787 g/mol. The molecule has 1 aromatic heterocycles. The van der Waals surface area contributed by atoms with Crippen molar-refractivity contribution in [3.63, 3.8) is 0 Å². The molecule has 1 heterocycles. The van der Waals surface area contributed by atoms with Crippen LogP contribution in [0.3, 0.4) is 0 Å². The molecule has 316 valence electrons. The third kappa shape index (κ3) is 24.4. The molecule has 2 rings (SSSR count). The van der Waals surface area contributed by atoms with E-state index in [2.05, 4.69) is 34.8 Å². The second kappa shape index (κ2) is 33.8. The Morgan fingerprint density at radius 3 is 1.33 bits per heavy atom. The number of rotatable bonds is 39. The van der Waals surface area contributed by atoms with Crippen LogP contribution in [0.25, 0.3) is 10.2 Å². The zero-order chi connectivity index (χ0) is 39.7. The van der Waals surface area contributed by atoms with E-state index in [9.17, 15) is 14.7 Å². The summed E-state index contributed by atoms with van der Waals surface area (Å²) < 4.78 is 8.51. The van der Waals surface area contributed by atoms with E-state index in [1.54, 1.807) is 0 Å². The molecule has 5 nitrogen and oxygen atoms in total. The molecule has 0 unspecified atom stereocenters. The summed E-state index contributed by atoms with van der Waals surface area (Å²) in [6, 6.07) is 5.88. The fraction of sp³-hybridized carbons (Fsp3) is 0.809. The van der Waals surface area contributed by atoms with E-state index in [1.807, 2.05) is 18.2 Å². The van der Waals surface area contributed by atoms with Gasteiger partial charge in [0.25, 0.3) is 0 Å². The van der Waals surface area contributed by atoms with Crippen molar-refractivity contribution in [2.45, 2.75) is 243 Å². The molecule has 0 bridgehead atoms. The van der Waals surface area contributed by atoms with E-state index in [0.717, 1.165) is 65.3 Å². The minimum Gasteiger partial charge on any atom is -0.481 e. The van der Waals surface area contributed by atoms with Crippen LogP contribution in [0.2, 0.25) is 0 Å². The van der Waals surface area contributed by atoms with Gasteiger partial charge in [-0.15, -0.1) is 11.3 Å². The van der Waals surface area contributed by atoms with Crippen molar-refractivity contribution in [2.24, 2.45) is 5.41 Å². The molecule has 0 saturated heterocycles. The Hall–Kier alpha value is -1.12. The van der Waals surface area contributed by atoms with Crippen molar-refractivity contribution in [3.8, 4) is 0 Å². The maximum atomic E-state index is 13.9. The number of hydrogen-bond acceptors (Lipinski definition) is 6. The first-order valence-corrected chi connectivity index (χ1v) is 25.4. The molecule has 1 aromatic carbocycles. The fourth-order valence-corrected chi connectivity index (χ4v) is 10.2. The number of halogens is 1. The Labute approximate surface area is 354 Å². The smallest absolute Gasteiger partial charge is 0.325 e. The molecule has 8 heteroatoms. The summed E-state index contributed by atoms with van der Waals surface area (Å²) in [5.41, 5.74) is -0.140. The van der Waals surface area contributed by atoms with Crippen LogP contribution in [0.1, 0.15) is 239 Å². The summed E-state index contributed by atoms with van der Waals surface area (Å²) >= 11 is 6.07. The number of carboxylic acid groups (broad SMARTS) is 1. The molecule has 0 saturated carbocycles. The number of nitrogens with zero attached hydrogens (tertiary/aromatic N) is 1. The van der Waals surface area contributed by atoms with Crippen molar-refractivity contribution in [3.05, 3.63) is 22.7 Å². The highest BCUT2D eigenvalue weighted by atomic mass is 79.9. The van der Waals surface area contributed by atoms with E-state index >= 15 is 0 Å². The monoisotopic (exact) mass is 865 g/mol. The maximum Gasteiger partial charge on any atom is 0.325 e. The number of aliphatic carboxylic acids is 1. The average molecular weight is 867 g/mol. The van der Waals surface area contributed by atoms with E-state index in [4.69, 9.17) is 4.18 Å². The van der Waals surface area contributed by atoms with E-state index in [1.165, 1.54) is 178 Å². The Bertz CT molecular complexity index is 1200. The molecule has 55 heavy (non-hydrogen) atoms. The molecule has 0 spiro atoms. The topological polar surface area (TPSA) is 76.5 Å². The lowest BCUT2D eigenvalue weighted by Gasteiger charge is -2.29. The van der Waals surface area contributed by atoms with Gasteiger partial charge >= 0.3 is 11.9 Å². The third-order valence-corrected chi connectivity index (χ3v) is 14.2. The van der Waals surface area contributed by atoms with Crippen LogP contribution in [0.4, 0.5) is 0 Å².